The van der Waals surface area contributed by atoms with Crippen molar-refractivity contribution in [3.8, 4) is 17.2 Å². The normalized spacial score (nSPS) is 10.7. The third-order valence-corrected chi connectivity index (χ3v) is 4.81. The zero-order valence-corrected chi connectivity index (χ0v) is 17.0. The number of anilines is 1. The summed E-state index contributed by atoms with van der Waals surface area (Å²) in [6.45, 7) is 2.07. The van der Waals surface area contributed by atoms with Crippen LogP contribution in [0.1, 0.15) is 22.8 Å². The van der Waals surface area contributed by atoms with E-state index in [0.29, 0.717) is 28.3 Å². The maximum absolute atomic E-state index is 12.2. The first-order valence-corrected chi connectivity index (χ1v) is 9.84. The molecule has 1 amide bonds. The number of carbonyl (C=O) groups excluding carboxylic acids is 1. The minimum absolute atomic E-state index is 0.0297. The van der Waals surface area contributed by atoms with Crippen molar-refractivity contribution in [3.63, 3.8) is 0 Å². The molecular formula is C23H19N3O3S. The lowest BCUT2D eigenvalue weighted by Crippen LogP contribution is -2.34. The Labute approximate surface area is 178 Å². The molecule has 3 aromatic carbocycles. The van der Waals surface area contributed by atoms with Crippen molar-refractivity contribution in [3.05, 3.63) is 77.9 Å². The molecule has 0 radical (unpaired) electrons. The van der Waals surface area contributed by atoms with Gasteiger partial charge in [0, 0.05) is 11.3 Å². The van der Waals surface area contributed by atoms with Crippen LogP contribution < -0.4 is 10.6 Å². The number of benzene rings is 3. The van der Waals surface area contributed by atoms with E-state index >= 15 is 0 Å². The third-order valence-electron chi connectivity index (χ3n) is 4.61. The Morgan fingerprint density at radius 3 is 2.67 bits per heavy atom. The summed E-state index contributed by atoms with van der Waals surface area (Å²) in [4.78, 5) is 16.7. The first-order valence-electron chi connectivity index (χ1n) is 9.43. The molecule has 0 atom stereocenters. The van der Waals surface area contributed by atoms with Gasteiger partial charge in [-0.3, -0.25) is 10.1 Å². The van der Waals surface area contributed by atoms with Crippen LogP contribution in [0.25, 0.3) is 22.6 Å². The van der Waals surface area contributed by atoms with E-state index in [9.17, 15) is 9.90 Å². The number of amides is 1. The quantitative estimate of drug-likeness (QED) is 0.324. The molecule has 4 rings (SSSR count). The summed E-state index contributed by atoms with van der Waals surface area (Å²) in [6, 6.07) is 19.5. The number of thiocarbonyl (C=S) groups is 1. The van der Waals surface area contributed by atoms with Crippen molar-refractivity contribution in [1.82, 2.24) is 10.3 Å². The molecule has 0 saturated heterocycles. The second kappa shape index (κ2) is 8.34. The minimum Gasteiger partial charge on any atom is -0.507 e. The number of nitrogens with one attached hydrogen (secondary N) is 2. The van der Waals surface area contributed by atoms with Gasteiger partial charge in [0.2, 0.25) is 5.89 Å². The molecule has 0 aliphatic carbocycles. The number of hydrogen-bond acceptors (Lipinski definition) is 5. The number of phenols is 1. The van der Waals surface area contributed by atoms with Crippen LogP contribution in [-0.2, 0) is 6.42 Å². The fraction of sp³-hybridized carbons (Fsp3) is 0.0870. The van der Waals surface area contributed by atoms with Crippen molar-refractivity contribution in [2.45, 2.75) is 13.3 Å². The molecule has 0 unspecified atom stereocenters. The molecule has 1 aromatic heterocycles. The molecule has 0 aliphatic heterocycles. The number of rotatable bonds is 4. The molecule has 6 nitrogen and oxygen atoms in total. The number of carbonyl (C=O) groups is 1. The number of aryl methyl sites for hydroxylation is 1. The zero-order chi connectivity index (χ0) is 21.1. The van der Waals surface area contributed by atoms with Crippen LogP contribution in [0.5, 0.6) is 5.75 Å². The van der Waals surface area contributed by atoms with Gasteiger partial charge in [0.05, 0.1) is 5.56 Å². The third kappa shape index (κ3) is 4.16. The molecule has 0 fully saturated rings. The van der Waals surface area contributed by atoms with Crippen LogP contribution in [0.2, 0.25) is 0 Å². The SMILES string of the molecule is CCc1ccc2oc(-c3cc(NC(=S)NC(=O)c4ccccc4)ccc3O)nc2c1. The van der Waals surface area contributed by atoms with Gasteiger partial charge in [-0.25, -0.2) is 4.98 Å². The summed E-state index contributed by atoms with van der Waals surface area (Å²) in [5.41, 5.74) is 4.04. The zero-order valence-electron chi connectivity index (χ0n) is 16.2. The summed E-state index contributed by atoms with van der Waals surface area (Å²) in [7, 11) is 0. The van der Waals surface area contributed by atoms with E-state index in [1.54, 1.807) is 36.4 Å². The van der Waals surface area contributed by atoms with Crippen molar-refractivity contribution in [1.29, 1.82) is 0 Å². The lowest BCUT2D eigenvalue weighted by Gasteiger charge is -2.11. The summed E-state index contributed by atoms with van der Waals surface area (Å²) in [5.74, 6) is 0.0264. The molecule has 4 aromatic rings. The number of aromatic hydroxyl groups is 1. The van der Waals surface area contributed by atoms with E-state index in [2.05, 4.69) is 22.5 Å². The first kappa shape index (κ1) is 19.6. The van der Waals surface area contributed by atoms with Crippen LogP contribution in [0.3, 0.4) is 0 Å². The van der Waals surface area contributed by atoms with Crippen molar-refractivity contribution >= 4 is 40.0 Å². The maximum Gasteiger partial charge on any atom is 0.257 e. The number of fused-ring (bicyclic) bond motifs is 1. The van der Waals surface area contributed by atoms with Gasteiger partial charge in [-0.05, 0) is 66.7 Å². The number of hydrogen-bond donors (Lipinski definition) is 3. The van der Waals surface area contributed by atoms with Gasteiger partial charge in [0.15, 0.2) is 10.7 Å². The summed E-state index contributed by atoms with van der Waals surface area (Å²) >= 11 is 5.24. The Morgan fingerprint density at radius 2 is 1.90 bits per heavy atom. The molecular weight excluding hydrogens is 398 g/mol. The second-order valence-electron chi connectivity index (χ2n) is 6.68. The monoisotopic (exact) mass is 417 g/mol. The molecule has 0 bridgehead atoms. The number of aromatic nitrogens is 1. The van der Waals surface area contributed by atoms with Crippen LogP contribution in [0.4, 0.5) is 5.69 Å². The van der Waals surface area contributed by atoms with Crippen molar-refractivity contribution < 1.29 is 14.3 Å². The molecule has 0 aliphatic rings. The lowest BCUT2D eigenvalue weighted by atomic mass is 10.1. The Bertz CT molecular complexity index is 1240. The van der Waals surface area contributed by atoms with E-state index in [4.69, 9.17) is 16.6 Å². The number of nitrogens with zero attached hydrogens (tertiary/aromatic N) is 1. The van der Waals surface area contributed by atoms with Gasteiger partial charge in [0.1, 0.15) is 11.3 Å². The largest absolute Gasteiger partial charge is 0.507 e. The van der Waals surface area contributed by atoms with Gasteiger partial charge in [0.25, 0.3) is 5.91 Å². The highest BCUT2D eigenvalue weighted by atomic mass is 32.1. The van der Waals surface area contributed by atoms with E-state index in [1.165, 1.54) is 6.07 Å². The Balaban J connectivity index is 1.54. The molecule has 150 valence electrons. The number of phenolic OH excluding ortho intramolecular Hbond substituents is 1. The average Bonchev–Trinajstić information content (AvgIpc) is 3.18. The van der Waals surface area contributed by atoms with E-state index < -0.39 is 0 Å². The van der Waals surface area contributed by atoms with E-state index in [1.807, 2.05) is 24.3 Å². The van der Waals surface area contributed by atoms with Gasteiger partial charge in [-0.2, -0.15) is 0 Å². The van der Waals surface area contributed by atoms with E-state index in [-0.39, 0.29) is 16.8 Å². The second-order valence-corrected chi connectivity index (χ2v) is 7.09. The molecule has 7 heteroatoms. The van der Waals surface area contributed by atoms with Gasteiger partial charge in [-0.1, -0.05) is 31.2 Å². The van der Waals surface area contributed by atoms with Gasteiger partial charge >= 0.3 is 0 Å². The van der Waals surface area contributed by atoms with Gasteiger partial charge in [-0.15, -0.1) is 0 Å². The van der Waals surface area contributed by atoms with Gasteiger partial charge < -0.3 is 14.8 Å². The molecule has 30 heavy (non-hydrogen) atoms. The van der Waals surface area contributed by atoms with Crippen LogP contribution in [0, 0.1) is 0 Å². The lowest BCUT2D eigenvalue weighted by molar-refractivity contribution is 0.0977. The van der Waals surface area contributed by atoms with Crippen molar-refractivity contribution in [2.75, 3.05) is 5.32 Å². The number of oxazole rings is 1. The summed E-state index contributed by atoms with van der Waals surface area (Å²) in [5, 5.41) is 16.0. The fourth-order valence-corrected chi connectivity index (χ4v) is 3.23. The fourth-order valence-electron chi connectivity index (χ4n) is 3.02. The van der Waals surface area contributed by atoms with Crippen LogP contribution in [0.15, 0.2) is 71.1 Å². The molecule has 0 saturated carbocycles. The molecule has 0 spiro atoms. The Kier molecular flexibility index (Phi) is 5.45. The summed E-state index contributed by atoms with van der Waals surface area (Å²) < 4.78 is 5.82. The standard InChI is InChI=1S/C23H19N3O3S/c1-2-14-8-11-20-18(12-14)25-22(29-20)17-13-16(9-10-19(17)27)24-23(30)26-21(28)15-6-4-3-5-7-15/h3-13,27H,2H2,1H3,(H2,24,26,28,30). The molecule has 3 N–H and O–H groups in total. The minimum atomic E-state index is -0.308. The molecule has 1 heterocycles. The van der Waals surface area contributed by atoms with Crippen LogP contribution >= 0.6 is 12.2 Å². The highest BCUT2D eigenvalue weighted by Gasteiger charge is 2.14. The Hall–Kier alpha value is -3.71. The Morgan fingerprint density at radius 1 is 1.10 bits per heavy atom. The predicted octanol–water partition coefficient (Wildman–Crippen LogP) is 4.89. The first-order chi connectivity index (χ1) is 14.5. The highest BCUT2D eigenvalue weighted by molar-refractivity contribution is 7.80. The highest BCUT2D eigenvalue weighted by Crippen LogP contribution is 2.33. The summed E-state index contributed by atoms with van der Waals surface area (Å²) in [6.07, 6.45) is 0.898. The predicted molar refractivity (Wildman–Crippen MR) is 121 cm³/mol. The van der Waals surface area contributed by atoms with Crippen LogP contribution in [-0.4, -0.2) is 21.1 Å². The van der Waals surface area contributed by atoms with Crippen molar-refractivity contribution in [2.24, 2.45) is 0 Å². The average molecular weight is 417 g/mol. The van der Waals surface area contributed by atoms with E-state index in [0.717, 1.165) is 17.5 Å². The maximum atomic E-state index is 12.2. The topological polar surface area (TPSA) is 87.4 Å². The smallest absolute Gasteiger partial charge is 0.257 e.